The Morgan fingerprint density at radius 3 is 2.79 bits per heavy atom. The van der Waals surface area contributed by atoms with Gasteiger partial charge in [-0.05, 0) is 43.3 Å². The minimum absolute atomic E-state index is 0.292. The summed E-state index contributed by atoms with van der Waals surface area (Å²) in [7, 11) is 0. The van der Waals surface area contributed by atoms with Gasteiger partial charge in [0.1, 0.15) is 11.9 Å². The van der Waals surface area contributed by atoms with E-state index in [1.165, 1.54) is 0 Å². The Hall–Kier alpha value is -3.09. The molecular weight excluding hydrogens is 392 g/mol. The van der Waals surface area contributed by atoms with Gasteiger partial charge < -0.3 is 16.0 Å². The number of pyridine rings is 1. The molecule has 1 aromatic carbocycles. The second-order valence-corrected chi connectivity index (χ2v) is 7.88. The minimum Gasteiger partial charge on any atom is -0.367 e. The van der Waals surface area contributed by atoms with Crippen LogP contribution in [0.15, 0.2) is 57.2 Å². The lowest BCUT2D eigenvalue weighted by Gasteiger charge is -2.10. The Morgan fingerprint density at radius 1 is 1.25 bits per heavy atom. The van der Waals surface area contributed by atoms with Crippen molar-refractivity contribution >= 4 is 40.6 Å². The molecule has 142 valence electrons. The maximum absolute atomic E-state index is 12.0. The van der Waals surface area contributed by atoms with Crippen LogP contribution in [-0.4, -0.2) is 29.1 Å². The summed E-state index contributed by atoms with van der Waals surface area (Å²) in [6.07, 6.45) is 1.61. The number of hydrogen-bond donors (Lipinski definition) is 3. The molecule has 3 aromatic rings. The van der Waals surface area contributed by atoms with Gasteiger partial charge in [-0.1, -0.05) is 11.8 Å². The van der Waals surface area contributed by atoms with Crippen molar-refractivity contribution < 1.29 is 4.79 Å². The molecule has 0 fully saturated rings. The molecule has 0 unspecified atom stereocenters. The summed E-state index contributed by atoms with van der Waals surface area (Å²) in [5, 5.41) is 19.6. The Balaban J connectivity index is 1.41. The Labute approximate surface area is 171 Å². The van der Waals surface area contributed by atoms with Crippen molar-refractivity contribution in [1.82, 2.24) is 15.3 Å². The molecule has 0 radical (unpaired) electrons. The molecule has 7 nitrogen and oxygen atoms in total. The van der Waals surface area contributed by atoms with Crippen molar-refractivity contribution in [2.75, 3.05) is 23.7 Å². The van der Waals surface area contributed by atoms with Gasteiger partial charge >= 0.3 is 6.03 Å². The average molecular weight is 411 g/mol. The highest BCUT2D eigenvalue weighted by atomic mass is 32.2. The summed E-state index contributed by atoms with van der Waals surface area (Å²) in [6.45, 7) is 2.83. The first kappa shape index (κ1) is 19.7. The standard InChI is InChI=1S/C19H18N6OS2/c1-13-12-27-19(24-13)28-16-6-4-15(5-7-16)25-18(26)23-10-9-22-17-14(11-20)3-2-8-21-17/h2-8,12H,9-10H2,1H3,(H,21,22)(H2,23,25,26). The first-order chi connectivity index (χ1) is 13.6. The number of carbonyl (C=O) groups is 1. The normalized spacial score (nSPS) is 10.1. The highest BCUT2D eigenvalue weighted by Crippen LogP contribution is 2.30. The van der Waals surface area contributed by atoms with Gasteiger partial charge in [0.15, 0.2) is 4.34 Å². The van der Waals surface area contributed by atoms with Crippen LogP contribution in [0.1, 0.15) is 11.3 Å². The zero-order valence-electron chi connectivity index (χ0n) is 15.1. The zero-order chi connectivity index (χ0) is 19.8. The number of carbonyl (C=O) groups excluding carboxylic acids is 1. The van der Waals surface area contributed by atoms with Gasteiger partial charge in [0, 0.05) is 40.9 Å². The van der Waals surface area contributed by atoms with E-state index in [1.807, 2.05) is 36.6 Å². The van der Waals surface area contributed by atoms with Gasteiger partial charge in [-0.25, -0.2) is 14.8 Å². The van der Waals surface area contributed by atoms with E-state index in [9.17, 15) is 4.79 Å². The number of nitriles is 1. The summed E-state index contributed by atoms with van der Waals surface area (Å²) in [5.74, 6) is 0.510. The highest BCUT2D eigenvalue weighted by Gasteiger charge is 2.05. The maximum atomic E-state index is 12.0. The number of anilines is 2. The number of amides is 2. The number of nitrogens with zero attached hydrogens (tertiary/aromatic N) is 3. The van der Waals surface area contributed by atoms with E-state index in [4.69, 9.17) is 5.26 Å². The maximum Gasteiger partial charge on any atom is 0.319 e. The van der Waals surface area contributed by atoms with Crippen molar-refractivity contribution in [3.05, 3.63) is 59.2 Å². The van der Waals surface area contributed by atoms with Crippen LogP contribution in [0, 0.1) is 18.3 Å². The second kappa shape index (κ2) is 9.73. The fraction of sp³-hybridized carbons (Fsp3) is 0.158. The van der Waals surface area contributed by atoms with E-state index in [0.29, 0.717) is 30.2 Å². The summed E-state index contributed by atoms with van der Waals surface area (Å²) in [6, 6.07) is 12.8. The van der Waals surface area contributed by atoms with Gasteiger partial charge in [-0.3, -0.25) is 0 Å². The zero-order valence-corrected chi connectivity index (χ0v) is 16.7. The molecule has 0 aliphatic carbocycles. The third-order valence-electron chi connectivity index (χ3n) is 3.55. The van der Waals surface area contributed by atoms with Gasteiger partial charge in [0.2, 0.25) is 0 Å². The molecule has 2 heterocycles. The van der Waals surface area contributed by atoms with Gasteiger partial charge in [-0.15, -0.1) is 11.3 Å². The quantitative estimate of drug-likeness (QED) is 0.507. The van der Waals surface area contributed by atoms with E-state index in [-0.39, 0.29) is 6.03 Å². The van der Waals surface area contributed by atoms with Crippen molar-refractivity contribution in [1.29, 1.82) is 5.26 Å². The number of urea groups is 1. The highest BCUT2D eigenvalue weighted by molar-refractivity contribution is 8.01. The molecule has 3 rings (SSSR count). The molecule has 0 aliphatic heterocycles. The predicted molar refractivity (Wildman–Crippen MR) is 112 cm³/mol. The monoisotopic (exact) mass is 410 g/mol. The predicted octanol–water partition coefficient (Wildman–Crippen LogP) is 4.10. The molecular formula is C19H18N6OS2. The smallest absolute Gasteiger partial charge is 0.319 e. The molecule has 0 saturated carbocycles. The molecule has 0 atom stereocenters. The summed E-state index contributed by atoms with van der Waals surface area (Å²) >= 11 is 3.21. The Kier molecular flexibility index (Phi) is 6.84. The topological polar surface area (TPSA) is 103 Å². The Morgan fingerprint density at radius 2 is 2.07 bits per heavy atom. The van der Waals surface area contributed by atoms with Crippen LogP contribution in [0.4, 0.5) is 16.3 Å². The number of nitrogens with one attached hydrogen (secondary N) is 3. The fourth-order valence-electron chi connectivity index (χ4n) is 2.26. The van der Waals surface area contributed by atoms with Crippen molar-refractivity contribution in [3.63, 3.8) is 0 Å². The molecule has 28 heavy (non-hydrogen) atoms. The first-order valence-corrected chi connectivity index (χ1v) is 10.2. The summed E-state index contributed by atoms with van der Waals surface area (Å²) < 4.78 is 0.996. The van der Waals surface area contributed by atoms with Crippen LogP contribution < -0.4 is 16.0 Å². The lowest BCUT2D eigenvalue weighted by Crippen LogP contribution is -2.32. The van der Waals surface area contributed by atoms with Crippen molar-refractivity contribution in [3.8, 4) is 6.07 Å². The molecule has 3 N–H and O–H groups in total. The van der Waals surface area contributed by atoms with E-state index >= 15 is 0 Å². The molecule has 9 heteroatoms. The Bertz CT molecular complexity index is 981. The van der Waals surface area contributed by atoms with E-state index in [1.54, 1.807) is 41.4 Å². The first-order valence-electron chi connectivity index (χ1n) is 8.48. The van der Waals surface area contributed by atoms with E-state index in [2.05, 4.69) is 32.0 Å². The van der Waals surface area contributed by atoms with Gasteiger partial charge in [0.05, 0.1) is 5.56 Å². The largest absolute Gasteiger partial charge is 0.367 e. The fourth-order valence-corrected chi connectivity index (χ4v) is 4.06. The molecule has 0 saturated heterocycles. The third-order valence-corrected chi connectivity index (χ3v) is 5.61. The molecule has 2 amide bonds. The average Bonchev–Trinajstić information content (AvgIpc) is 3.11. The van der Waals surface area contributed by atoms with Crippen LogP contribution in [0.25, 0.3) is 0 Å². The van der Waals surface area contributed by atoms with Crippen LogP contribution in [0.5, 0.6) is 0 Å². The van der Waals surface area contributed by atoms with Crippen LogP contribution in [-0.2, 0) is 0 Å². The summed E-state index contributed by atoms with van der Waals surface area (Å²) in [5.41, 5.74) is 2.20. The van der Waals surface area contributed by atoms with E-state index < -0.39 is 0 Å². The number of aryl methyl sites for hydroxylation is 1. The molecule has 0 aliphatic rings. The van der Waals surface area contributed by atoms with Crippen molar-refractivity contribution in [2.45, 2.75) is 16.2 Å². The van der Waals surface area contributed by atoms with Crippen LogP contribution in [0.3, 0.4) is 0 Å². The number of rotatable bonds is 7. The molecule has 2 aromatic heterocycles. The molecule has 0 bridgehead atoms. The van der Waals surface area contributed by atoms with Crippen molar-refractivity contribution in [2.24, 2.45) is 0 Å². The van der Waals surface area contributed by atoms with Crippen LogP contribution >= 0.6 is 23.1 Å². The summed E-state index contributed by atoms with van der Waals surface area (Å²) in [4.78, 5) is 21.6. The third kappa shape index (κ3) is 5.70. The SMILES string of the molecule is Cc1csc(Sc2ccc(NC(=O)NCCNc3ncccc3C#N)cc2)n1. The minimum atomic E-state index is -0.292. The van der Waals surface area contributed by atoms with Crippen LogP contribution in [0.2, 0.25) is 0 Å². The lowest BCUT2D eigenvalue weighted by molar-refractivity contribution is 0.252. The molecule has 0 spiro atoms. The van der Waals surface area contributed by atoms with E-state index in [0.717, 1.165) is 14.9 Å². The van der Waals surface area contributed by atoms with Gasteiger partial charge in [-0.2, -0.15) is 5.26 Å². The second-order valence-electron chi connectivity index (χ2n) is 5.70. The number of thiazole rings is 1. The number of aromatic nitrogens is 2. The van der Waals surface area contributed by atoms with Gasteiger partial charge in [0.25, 0.3) is 0 Å². The lowest BCUT2D eigenvalue weighted by atomic mass is 10.3. The number of benzene rings is 1. The number of hydrogen-bond acceptors (Lipinski definition) is 7.